The lowest BCUT2D eigenvalue weighted by molar-refractivity contribution is -0.121. The highest BCUT2D eigenvalue weighted by atomic mass is 16.1. The maximum absolute atomic E-state index is 11.2. The van der Waals surface area contributed by atoms with E-state index in [1.807, 2.05) is 0 Å². The van der Waals surface area contributed by atoms with Crippen molar-refractivity contribution in [1.82, 2.24) is 19.9 Å². The van der Waals surface area contributed by atoms with Crippen molar-refractivity contribution in [3.8, 4) is 0 Å². The first-order chi connectivity index (χ1) is 7.22. The maximum Gasteiger partial charge on any atom is 0.239 e. The molecule has 1 amide bonds. The number of nitrogens with one attached hydrogen (secondary N) is 1. The number of aromatic nitrogens is 3. The van der Waals surface area contributed by atoms with Gasteiger partial charge >= 0.3 is 0 Å². The van der Waals surface area contributed by atoms with Crippen LogP contribution in [0.25, 0.3) is 11.2 Å². The van der Waals surface area contributed by atoms with E-state index >= 15 is 0 Å². The minimum Gasteiger partial charge on any atom is -0.369 e. The Hall–Kier alpha value is -2.11. The molecule has 78 valence electrons. The van der Waals surface area contributed by atoms with Gasteiger partial charge in [-0.25, -0.2) is 9.97 Å². The third kappa shape index (κ3) is 1.61. The second-order valence-corrected chi connectivity index (χ2v) is 3.08. The molecule has 0 atom stereocenters. The fourth-order valence-corrected chi connectivity index (χ4v) is 1.35. The van der Waals surface area contributed by atoms with Crippen LogP contribution in [-0.4, -0.2) is 27.5 Å². The van der Waals surface area contributed by atoms with E-state index in [0.29, 0.717) is 17.1 Å². The lowest BCUT2D eigenvalue weighted by atomic mass is 10.4. The number of rotatable bonds is 2. The summed E-state index contributed by atoms with van der Waals surface area (Å²) >= 11 is 0. The molecule has 0 aliphatic heterocycles. The van der Waals surface area contributed by atoms with Crippen molar-refractivity contribution in [1.29, 1.82) is 0 Å². The number of hydrogen-bond acceptors (Lipinski definition) is 4. The van der Waals surface area contributed by atoms with Crippen LogP contribution in [0.15, 0.2) is 18.3 Å². The number of carbonyl (C=O) groups is 1. The van der Waals surface area contributed by atoms with Crippen molar-refractivity contribution in [2.24, 2.45) is 0 Å². The molecule has 0 radical (unpaired) electrons. The van der Waals surface area contributed by atoms with E-state index in [1.54, 1.807) is 29.9 Å². The van der Waals surface area contributed by atoms with Crippen LogP contribution in [0, 0.1) is 0 Å². The first-order valence-corrected chi connectivity index (χ1v) is 4.49. The Labute approximate surface area is 86.1 Å². The van der Waals surface area contributed by atoms with Gasteiger partial charge in [0, 0.05) is 13.2 Å². The van der Waals surface area contributed by atoms with E-state index in [2.05, 4.69) is 15.3 Å². The molecule has 0 saturated carbocycles. The summed E-state index contributed by atoms with van der Waals surface area (Å²) in [5.41, 5.74) is 7.01. The number of imidazole rings is 1. The van der Waals surface area contributed by atoms with Gasteiger partial charge in [0.05, 0.1) is 0 Å². The fourth-order valence-electron chi connectivity index (χ4n) is 1.35. The van der Waals surface area contributed by atoms with Gasteiger partial charge in [0.2, 0.25) is 11.9 Å². The summed E-state index contributed by atoms with van der Waals surface area (Å²) in [6.45, 7) is 0.135. The van der Waals surface area contributed by atoms with Crippen molar-refractivity contribution < 1.29 is 4.79 Å². The first-order valence-electron chi connectivity index (χ1n) is 4.49. The smallest absolute Gasteiger partial charge is 0.239 e. The molecule has 0 spiro atoms. The molecule has 6 heteroatoms. The highest BCUT2D eigenvalue weighted by molar-refractivity contribution is 5.80. The second kappa shape index (κ2) is 3.56. The van der Waals surface area contributed by atoms with Crippen molar-refractivity contribution in [2.45, 2.75) is 6.54 Å². The molecule has 0 aliphatic carbocycles. The van der Waals surface area contributed by atoms with Crippen LogP contribution in [0.1, 0.15) is 0 Å². The van der Waals surface area contributed by atoms with Crippen LogP contribution >= 0.6 is 0 Å². The number of anilines is 1. The van der Waals surface area contributed by atoms with Crippen molar-refractivity contribution in [2.75, 3.05) is 12.8 Å². The lowest BCUT2D eigenvalue weighted by Crippen LogP contribution is -2.24. The number of hydrogen-bond donors (Lipinski definition) is 2. The molecule has 2 aromatic rings. The molecule has 0 aliphatic rings. The Morgan fingerprint density at radius 1 is 1.67 bits per heavy atom. The molecule has 0 bridgehead atoms. The van der Waals surface area contributed by atoms with E-state index in [9.17, 15) is 4.79 Å². The molecular formula is C9H11N5O. The van der Waals surface area contributed by atoms with Crippen LogP contribution in [0.5, 0.6) is 0 Å². The molecule has 0 fully saturated rings. The van der Waals surface area contributed by atoms with Gasteiger partial charge in [0.1, 0.15) is 12.1 Å². The molecule has 0 aromatic carbocycles. The topological polar surface area (TPSA) is 85.8 Å². The van der Waals surface area contributed by atoms with Gasteiger partial charge in [0.15, 0.2) is 5.65 Å². The predicted molar refractivity (Wildman–Crippen MR) is 56.0 cm³/mol. The minimum atomic E-state index is -0.133. The fraction of sp³-hybridized carbons (Fsp3) is 0.222. The zero-order valence-electron chi connectivity index (χ0n) is 8.27. The molecule has 6 nitrogen and oxygen atoms in total. The number of nitrogens with zero attached hydrogens (tertiary/aromatic N) is 3. The van der Waals surface area contributed by atoms with Gasteiger partial charge in [-0.05, 0) is 12.1 Å². The third-order valence-electron chi connectivity index (χ3n) is 2.11. The Kier molecular flexibility index (Phi) is 2.24. The minimum absolute atomic E-state index is 0.133. The van der Waals surface area contributed by atoms with E-state index < -0.39 is 0 Å². The van der Waals surface area contributed by atoms with E-state index in [4.69, 9.17) is 5.73 Å². The molecule has 2 rings (SSSR count). The summed E-state index contributed by atoms with van der Waals surface area (Å²) < 4.78 is 1.58. The van der Waals surface area contributed by atoms with Crippen LogP contribution < -0.4 is 11.1 Å². The average Bonchev–Trinajstić information content (AvgIpc) is 2.55. The summed E-state index contributed by atoms with van der Waals surface area (Å²) in [5.74, 6) is 0.166. The summed E-state index contributed by atoms with van der Waals surface area (Å²) in [6, 6.07) is 3.58. The van der Waals surface area contributed by atoms with Crippen molar-refractivity contribution >= 4 is 23.0 Å². The van der Waals surface area contributed by atoms with Crippen molar-refractivity contribution in [3.63, 3.8) is 0 Å². The highest BCUT2D eigenvalue weighted by Crippen LogP contribution is 2.14. The predicted octanol–water partition coefficient (Wildman–Crippen LogP) is -0.241. The SMILES string of the molecule is CNC(=O)Cn1c(N)nc2cccnc21. The van der Waals surface area contributed by atoms with Gasteiger partial charge in [0.25, 0.3) is 0 Å². The van der Waals surface area contributed by atoms with Crippen LogP contribution in [0.4, 0.5) is 5.95 Å². The summed E-state index contributed by atoms with van der Waals surface area (Å²) in [6.07, 6.45) is 1.64. The Balaban J connectivity index is 2.49. The molecule has 3 N–H and O–H groups in total. The Morgan fingerprint density at radius 2 is 2.47 bits per heavy atom. The third-order valence-corrected chi connectivity index (χ3v) is 2.11. The summed E-state index contributed by atoms with van der Waals surface area (Å²) in [7, 11) is 1.57. The second-order valence-electron chi connectivity index (χ2n) is 3.08. The Morgan fingerprint density at radius 3 is 3.20 bits per heavy atom. The first kappa shape index (κ1) is 9.45. The number of amides is 1. The highest BCUT2D eigenvalue weighted by Gasteiger charge is 2.10. The summed E-state index contributed by atoms with van der Waals surface area (Å²) in [4.78, 5) is 19.5. The van der Waals surface area contributed by atoms with E-state index in [-0.39, 0.29) is 12.5 Å². The normalized spacial score (nSPS) is 10.5. The van der Waals surface area contributed by atoms with Crippen LogP contribution in [0.3, 0.4) is 0 Å². The number of carbonyl (C=O) groups excluding carboxylic acids is 1. The number of nitrogen functional groups attached to an aromatic ring is 1. The molecule has 2 heterocycles. The van der Waals surface area contributed by atoms with Gasteiger partial charge in [-0.15, -0.1) is 0 Å². The number of nitrogens with two attached hydrogens (primary N) is 1. The number of fused-ring (bicyclic) bond motifs is 1. The van der Waals surface area contributed by atoms with Crippen molar-refractivity contribution in [3.05, 3.63) is 18.3 Å². The van der Waals surface area contributed by atoms with Crippen LogP contribution in [0.2, 0.25) is 0 Å². The average molecular weight is 205 g/mol. The lowest BCUT2D eigenvalue weighted by Gasteiger charge is -2.03. The molecule has 2 aromatic heterocycles. The van der Waals surface area contributed by atoms with E-state index in [1.165, 1.54) is 0 Å². The monoisotopic (exact) mass is 205 g/mol. The molecule has 15 heavy (non-hydrogen) atoms. The molecule has 0 unspecified atom stereocenters. The standard InChI is InChI=1S/C9H11N5O/c1-11-7(15)5-14-8-6(13-9(14)10)3-2-4-12-8/h2-4H,5H2,1H3,(H2,10,13)(H,11,15). The van der Waals surface area contributed by atoms with Gasteiger partial charge in [-0.2, -0.15) is 0 Å². The van der Waals surface area contributed by atoms with Gasteiger partial charge in [-0.1, -0.05) is 0 Å². The zero-order valence-corrected chi connectivity index (χ0v) is 8.27. The molecular weight excluding hydrogens is 194 g/mol. The Bertz CT molecular complexity index is 504. The summed E-state index contributed by atoms with van der Waals surface area (Å²) in [5, 5.41) is 2.52. The number of pyridine rings is 1. The van der Waals surface area contributed by atoms with Gasteiger partial charge < -0.3 is 11.1 Å². The maximum atomic E-state index is 11.2. The quantitative estimate of drug-likeness (QED) is 0.708. The molecule has 0 saturated heterocycles. The largest absolute Gasteiger partial charge is 0.369 e. The van der Waals surface area contributed by atoms with Crippen LogP contribution in [-0.2, 0) is 11.3 Å². The van der Waals surface area contributed by atoms with E-state index in [0.717, 1.165) is 0 Å². The zero-order chi connectivity index (χ0) is 10.8. The number of likely N-dealkylation sites (N-methyl/N-ethyl adjacent to an activating group) is 1. The van der Waals surface area contributed by atoms with Gasteiger partial charge in [-0.3, -0.25) is 9.36 Å².